The molecule has 20 heavy (non-hydrogen) atoms. The Morgan fingerprint density at radius 3 is 2.60 bits per heavy atom. The number of aromatic nitrogens is 5. The molecule has 8 heteroatoms. The van der Waals surface area contributed by atoms with E-state index in [-0.39, 0.29) is 0 Å². The van der Waals surface area contributed by atoms with Crippen molar-refractivity contribution in [2.24, 2.45) is 0 Å². The predicted molar refractivity (Wildman–Crippen MR) is 75.9 cm³/mol. The first-order chi connectivity index (χ1) is 9.81. The van der Waals surface area contributed by atoms with Gasteiger partial charge in [-0.1, -0.05) is 6.92 Å². The minimum absolute atomic E-state index is 0.316. The first-order valence-corrected chi connectivity index (χ1v) is 7.21. The molecule has 2 aromatic heterocycles. The summed E-state index contributed by atoms with van der Waals surface area (Å²) in [4.78, 5) is 21.0. The predicted octanol–water partition coefficient (Wildman–Crippen LogP) is 2.03. The van der Waals surface area contributed by atoms with Gasteiger partial charge in [-0.15, -0.1) is 0 Å². The van der Waals surface area contributed by atoms with Crippen molar-refractivity contribution in [2.45, 2.75) is 30.6 Å². The zero-order chi connectivity index (χ0) is 14.2. The van der Waals surface area contributed by atoms with Crippen molar-refractivity contribution >= 4 is 17.7 Å². The summed E-state index contributed by atoms with van der Waals surface area (Å²) in [5.74, 6) is 0.493. The minimum atomic E-state index is 0.316. The summed E-state index contributed by atoms with van der Waals surface area (Å²) >= 11 is 1.27. The summed E-state index contributed by atoms with van der Waals surface area (Å²) in [5, 5.41) is 4.15. The van der Waals surface area contributed by atoms with Gasteiger partial charge in [-0.25, -0.2) is 9.97 Å². The minimum Gasteiger partial charge on any atom is -0.463 e. The molecule has 7 nitrogen and oxygen atoms in total. The van der Waals surface area contributed by atoms with E-state index in [0.717, 1.165) is 13.0 Å². The Morgan fingerprint density at radius 1 is 1.10 bits per heavy atom. The molecule has 0 aliphatic rings. The molecule has 0 aliphatic carbocycles. The summed E-state index contributed by atoms with van der Waals surface area (Å²) < 4.78 is 5.46. The van der Waals surface area contributed by atoms with Crippen LogP contribution in [-0.4, -0.2) is 38.1 Å². The number of hydrogen-bond donors (Lipinski definition) is 1. The Kier molecular flexibility index (Phi) is 5.48. The highest BCUT2D eigenvalue weighted by molar-refractivity contribution is 7.99. The normalized spacial score (nSPS) is 10.3. The highest BCUT2D eigenvalue weighted by atomic mass is 32.2. The van der Waals surface area contributed by atoms with Crippen molar-refractivity contribution in [3.8, 4) is 6.01 Å². The first-order valence-electron chi connectivity index (χ1n) is 6.39. The molecular weight excluding hydrogens is 276 g/mol. The highest BCUT2D eigenvalue weighted by Gasteiger charge is 2.09. The zero-order valence-electron chi connectivity index (χ0n) is 11.4. The molecule has 0 fully saturated rings. The number of rotatable bonds is 7. The molecule has 0 radical (unpaired) electrons. The van der Waals surface area contributed by atoms with Crippen LogP contribution in [0.25, 0.3) is 0 Å². The van der Waals surface area contributed by atoms with Crippen LogP contribution in [0, 0.1) is 0 Å². The number of nitrogens with one attached hydrogen (secondary N) is 1. The summed E-state index contributed by atoms with van der Waals surface area (Å²) in [6.45, 7) is 5.30. The van der Waals surface area contributed by atoms with Gasteiger partial charge in [-0.05, 0) is 31.2 Å². The van der Waals surface area contributed by atoms with E-state index < -0.39 is 0 Å². The van der Waals surface area contributed by atoms with Crippen molar-refractivity contribution in [1.29, 1.82) is 0 Å². The second-order valence-corrected chi connectivity index (χ2v) is 4.67. The van der Waals surface area contributed by atoms with E-state index in [1.165, 1.54) is 11.8 Å². The van der Waals surface area contributed by atoms with Gasteiger partial charge >= 0.3 is 6.01 Å². The van der Waals surface area contributed by atoms with E-state index >= 15 is 0 Å². The molecule has 0 saturated heterocycles. The van der Waals surface area contributed by atoms with Gasteiger partial charge in [0, 0.05) is 18.9 Å². The molecule has 0 unspecified atom stereocenters. The number of hydrogen-bond acceptors (Lipinski definition) is 8. The van der Waals surface area contributed by atoms with Crippen LogP contribution in [0.4, 0.5) is 5.95 Å². The lowest BCUT2D eigenvalue weighted by atomic mass is 10.5. The molecule has 0 spiro atoms. The zero-order valence-corrected chi connectivity index (χ0v) is 12.2. The quantitative estimate of drug-likeness (QED) is 0.776. The lowest BCUT2D eigenvalue weighted by Crippen LogP contribution is -2.08. The molecule has 2 rings (SSSR count). The third-order valence-corrected chi connectivity index (χ3v) is 2.85. The Hall–Kier alpha value is -1.96. The van der Waals surface area contributed by atoms with E-state index in [1.807, 2.05) is 13.8 Å². The molecule has 106 valence electrons. The molecular formula is C12H16N6OS. The van der Waals surface area contributed by atoms with E-state index in [1.54, 1.807) is 18.5 Å². The van der Waals surface area contributed by atoms with Crippen LogP contribution in [-0.2, 0) is 0 Å². The third-order valence-electron chi connectivity index (χ3n) is 2.09. The molecule has 0 amide bonds. The number of anilines is 1. The summed E-state index contributed by atoms with van der Waals surface area (Å²) in [5.41, 5.74) is 0. The van der Waals surface area contributed by atoms with E-state index in [0.29, 0.717) is 28.9 Å². The molecule has 2 aromatic rings. The maximum atomic E-state index is 5.46. The Bertz CT molecular complexity index is 539. The molecule has 0 aliphatic heterocycles. The van der Waals surface area contributed by atoms with Crippen LogP contribution in [0.15, 0.2) is 28.8 Å². The Balaban J connectivity index is 2.19. The average molecular weight is 292 g/mol. The van der Waals surface area contributed by atoms with Crippen molar-refractivity contribution in [3.05, 3.63) is 18.5 Å². The first kappa shape index (κ1) is 14.4. The summed E-state index contributed by atoms with van der Waals surface area (Å²) in [6, 6.07) is 2.08. The van der Waals surface area contributed by atoms with Crippen molar-refractivity contribution < 1.29 is 4.74 Å². The van der Waals surface area contributed by atoms with Crippen LogP contribution >= 0.6 is 11.8 Å². The molecule has 0 atom stereocenters. The summed E-state index contributed by atoms with van der Waals surface area (Å²) in [6.07, 6.45) is 4.25. The number of ether oxygens (including phenoxy) is 1. The van der Waals surface area contributed by atoms with E-state index in [9.17, 15) is 0 Å². The van der Waals surface area contributed by atoms with Crippen LogP contribution in [0.3, 0.4) is 0 Å². The van der Waals surface area contributed by atoms with Gasteiger partial charge < -0.3 is 10.1 Å². The van der Waals surface area contributed by atoms with Crippen molar-refractivity contribution in [1.82, 2.24) is 24.9 Å². The lowest BCUT2D eigenvalue weighted by molar-refractivity contribution is 0.288. The SMILES string of the molecule is CCCOc1nc(NCC)nc(Sc2ncccn2)n1. The second-order valence-electron chi connectivity index (χ2n) is 3.74. The standard InChI is InChI=1S/C12H16N6OS/c1-3-8-19-10-16-9(13-4-2)17-12(18-10)20-11-14-6-5-7-15-11/h5-7H,3-4,8H2,1-2H3,(H,13,16,17,18). The topological polar surface area (TPSA) is 85.7 Å². The summed E-state index contributed by atoms with van der Waals surface area (Å²) in [7, 11) is 0. The maximum Gasteiger partial charge on any atom is 0.322 e. The average Bonchev–Trinajstić information content (AvgIpc) is 2.46. The Labute approximate surface area is 121 Å². The molecule has 0 saturated carbocycles. The van der Waals surface area contributed by atoms with Crippen molar-refractivity contribution in [2.75, 3.05) is 18.5 Å². The molecule has 2 heterocycles. The van der Waals surface area contributed by atoms with E-state index in [2.05, 4.69) is 30.2 Å². The number of nitrogens with zero attached hydrogens (tertiary/aromatic N) is 5. The second kappa shape index (κ2) is 7.59. The Morgan fingerprint density at radius 2 is 1.90 bits per heavy atom. The smallest absolute Gasteiger partial charge is 0.322 e. The van der Waals surface area contributed by atoms with Crippen LogP contribution < -0.4 is 10.1 Å². The van der Waals surface area contributed by atoms with Gasteiger partial charge in [-0.3, -0.25) is 0 Å². The van der Waals surface area contributed by atoms with Gasteiger partial charge in [0.2, 0.25) is 11.1 Å². The van der Waals surface area contributed by atoms with E-state index in [4.69, 9.17) is 4.74 Å². The van der Waals surface area contributed by atoms with Crippen LogP contribution in [0.2, 0.25) is 0 Å². The monoisotopic (exact) mass is 292 g/mol. The third kappa shape index (κ3) is 4.30. The van der Waals surface area contributed by atoms with Gasteiger partial charge in [-0.2, -0.15) is 15.0 Å². The van der Waals surface area contributed by atoms with Gasteiger partial charge in [0.1, 0.15) is 0 Å². The maximum absolute atomic E-state index is 5.46. The lowest BCUT2D eigenvalue weighted by Gasteiger charge is -2.07. The highest BCUT2D eigenvalue weighted by Crippen LogP contribution is 2.22. The fourth-order valence-corrected chi connectivity index (χ4v) is 1.94. The van der Waals surface area contributed by atoms with Crippen LogP contribution in [0.5, 0.6) is 6.01 Å². The largest absolute Gasteiger partial charge is 0.463 e. The van der Waals surface area contributed by atoms with Gasteiger partial charge in [0.15, 0.2) is 5.16 Å². The van der Waals surface area contributed by atoms with Gasteiger partial charge in [0.25, 0.3) is 0 Å². The van der Waals surface area contributed by atoms with Crippen LogP contribution in [0.1, 0.15) is 20.3 Å². The van der Waals surface area contributed by atoms with Crippen molar-refractivity contribution in [3.63, 3.8) is 0 Å². The fraction of sp³-hybridized carbons (Fsp3) is 0.417. The van der Waals surface area contributed by atoms with Gasteiger partial charge in [0.05, 0.1) is 6.61 Å². The molecule has 0 bridgehead atoms. The fourth-order valence-electron chi connectivity index (χ4n) is 1.30. The molecule has 1 N–H and O–H groups in total. The molecule has 0 aromatic carbocycles.